The van der Waals surface area contributed by atoms with Gasteiger partial charge < -0.3 is 9.13 Å². The quantitative estimate of drug-likeness (QED) is 0.118. The Morgan fingerprint density at radius 3 is 2.25 bits per heavy atom. The minimum Gasteiger partial charge on any atom is 0 e. The molecule has 0 saturated heterocycles. The average Bonchev–Trinajstić information content (AvgIpc) is 4.03. The maximum atomic E-state index is 8.63. The molecule has 5 aromatic heterocycles. The van der Waals surface area contributed by atoms with Crippen LogP contribution in [0.2, 0.25) is 17.3 Å². The molecule has 0 aliphatic heterocycles. The van der Waals surface area contributed by atoms with Crippen LogP contribution < -0.4 is 4.40 Å². The van der Waals surface area contributed by atoms with Crippen molar-refractivity contribution >= 4 is 82.1 Å². The fourth-order valence-corrected chi connectivity index (χ4v) is 13.5. The van der Waals surface area contributed by atoms with Crippen LogP contribution >= 0.6 is 11.3 Å². The maximum Gasteiger partial charge on any atom is 0 e. The molecular weight excluding hydrogens is 1100 g/mol. The second-order valence-electron chi connectivity index (χ2n) is 20.1. The van der Waals surface area contributed by atoms with Crippen molar-refractivity contribution in [3.63, 3.8) is 0 Å². The van der Waals surface area contributed by atoms with E-state index in [1.54, 1.807) is 29.5 Å². The van der Waals surface area contributed by atoms with Gasteiger partial charge in [0.25, 0.3) is 0 Å². The Labute approximate surface area is 434 Å². The Hall–Kier alpha value is -5.70. The van der Waals surface area contributed by atoms with Gasteiger partial charge in [0.05, 0.1) is 27.9 Å². The Balaban J connectivity index is 0.000000213. The van der Waals surface area contributed by atoms with Gasteiger partial charge in [-0.15, -0.1) is 18.2 Å². The first-order valence-corrected chi connectivity index (χ1v) is 31.6. The molecule has 1 radical (unpaired) electrons. The summed E-state index contributed by atoms with van der Waals surface area (Å²) >= 11 is -0.895. The topological polar surface area (TPSA) is 48.5 Å². The molecule has 6 aromatic carbocycles. The van der Waals surface area contributed by atoms with Crippen LogP contribution in [0.1, 0.15) is 69.4 Å². The van der Waals surface area contributed by atoms with Crippen molar-refractivity contribution in [2.24, 2.45) is 5.92 Å². The molecule has 0 amide bonds. The van der Waals surface area contributed by atoms with Crippen LogP contribution in [0.3, 0.4) is 0 Å². The molecule has 0 aliphatic rings. The number of benzene rings is 6. The molecule has 8 heteroatoms. The number of rotatable bonds is 7. The number of fused-ring (bicyclic) bond motifs is 7. The number of aryl methyl sites for hydroxylation is 3. The second-order valence-corrected chi connectivity index (χ2v) is 31.7. The molecule has 0 unspecified atom stereocenters. The van der Waals surface area contributed by atoms with Crippen molar-refractivity contribution in [2.45, 2.75) is 84.4 Å². The summed E-state index contributed by atoms with van der Waals surface area (Å²) in [6, 6.07) is 52.6. The predicted molar refractivity (Wildman–Crippen MR) is 293 cm³/mol. The largest absolute Gasteiger partial charge is 0 e. The number of aromatic nitrogens is 5. The SMILES string of the molecule is Cc1cc2c3ccc(C(C)(C)C)cc3n(-c3ccccc3)c2c(C)c1-n1c(-c2[c-]ccc3c2sc2ncccc23)nc2ccccc21.[2H]C([2H])([2H])c1nc(-c2[c-]cccc2)c(C([2H])([2H])C(C)C)c[c]1[Ge]([CH3])([CH3])[CH3].[Ir]. The van der Waals surface area contributed by atoms with Gasteiger partial charge >= 0.3 is 139 Å². The Morgan fingerprint density at radius 2 is 1.52 bits per heavy atom. The minimum absolute atomic E-state index is 0. The van der Waals surface area contributed by atoms with Crippen molar-refractivity contribution in [2.75, 3.05) is 0 Å². The summed E-state index contributed by atoms with van der Waals surface area (Å²) < 4.78 is 47.9. The van der Waals surface area contributed by atoms with Crippen LogP contribution in [0, 0.1) is 38.8 Å². The van der Waals surface area contributed by atoms with E-state index in [-0.39, 0.29) is 37.1 Å². The summed E-state index contributed by atoms with van der Waals surface area (Å²) in [5, 5.41) is 4.88. The first-order valence-electron chi connectivity index (χ1n) is 25.9. The predicted octanol–water partition coefficient (Wildman–Crippen LogP) is 15.9. The van der Waals surface area contributed by atoms with Crippen molar-refractivity contribution in [3.05, 3.63) is 180 Å². The molecular formula is C61H59GeIrN5S-2. The van der Waals surface area contributed by atoms with Crippen molar-refractivity contribution < 1.29 is 27.0 Å². The van der Waals surface area contributed by atoms with Gasteiger partial charge in [0, 0.05) is 48.4 Å². The van der Waals surface area contributed by atoms with Gasteiger partial charge in [0.2, 0.25) is 0 Å². The molecule has 0 spiro atoms. The standard InChI is InChI=1S/C42H33N4S.C19H26GeN.Ir/c1-25-23-33-29-21-20-27(42(3,4)5)24-36(29)45(28-13-7-6-8-14-28)38(33)26(2)37(25)46-35-19-10-9-18-34(35)44-40(46)32-16-11-15-30-31-17-12-22-43-41(31)47-39(30)32;1-14(2)12-17-13-18(20(4,5)6)15(3)21-19(17)16-10-8-7-9-11-16;/h6-15,17-24H,1-5H3;7-10,13-14H,12H2,1-6H3;/q2*-1;/i;3D3,12D2;. The number of hydrogen-bond donors (Lipinski definition) is 0. The summed E-state index contributed by atoms with van der Waals surface area (Å²) in [5.41, 5.74) is 13.1. The van der Waals surface area contributed by atoms with E-state index in [0.29, 0.717) is 16.8 Å². The van der Waals surface area contributed by atoms with E-state index in [4.69, 9.17) is 16.8 Å². The number of thiophene rings is 1. The van der Waals surface area contributed by atoms with E-state index < -0.39 is 26.5 Å². The van der Waals surface area contributed by atoms with Gasteiger partial charge in [0.1, 0.15) is 4.83 Å². The summed E-state index contributed by atoms with van der Waals surface area (Å²) in [7, 11) is 0. The number of imidazole rings is 1. The van der Waals surface area contributed by atoms with E-state index in [0.717, 1.165) is 47.7 Å². The van der Waals surface area contributed by atoms with Gasteiger partial charge in [-0.3, -0.25) is 4.98 Å². The summed E-state index contributed by atoms with van der Waals surface area (Å²) in [6.07, 6.45) is 0.246. The zero-order valence-electron chi connectivity index (χ0n) is 45.8. The van der Waals surface area contributed by atoms with Gasteiger partial charge in [-0.2, -0.15) is 11.3 Å². The summed E-state index contributed by atoms with van der Waals surface area (Å²) in [6.45, 7) is 12.7. The Morgan fingerprint density at radius 1 is 0.754 bits per heavy atom. The van der Waals surface area contributed by atoms with Crippen LogP contribution in [0.15, 0.2) is 140 Å². The van der Waals surface area contributed by atoms with E-state index >= 15 is 0 Å². The Kier molecular flexibility index (Phi) is 11.6. The fourth-order valence-electron chi connectivity index (χ4n) is 9.59. The van der Waals surface area contributed by atoms with Crippen LogP contribution in [0.25, 0.3) is 87.2 Å². The fraction of sp³-hybridized carbons (Fsp3) is 0.230. The van der Waals surface area contributed by atoms with Gasteiger partial charge in [-0.05, 0) is 88.5 Å². The number of pyridine rings is 2. The molecule has 0 aliphatic carbocycles. The molecule has 5 nitrogen and oxygen atoms in total. The smallest absolute Gasteiger partial charge is 0 e. The first kappa shape index (κ1) is 42.2. The minimum atomic E-state index is -2.61. The maximum absolute atomic E-state index is 8.63. The third-order valence-corrected chi connectivity index (χ3v) is 18.1. The van der Waals surface area contributed by atoms with Gasteiger partial charge in [-0.1, -0.05) is 80.3 Å². The molecule has 69 heavy (non-hydrogen) atoms. The van der Waals surface area contributed by atoms with Gasteiger partial charge in [0.15, 0.2) is 0 Å². The number of hydrogen-bond acceptors (Lipinski definition) is 4. The van der Waals surface area contributed by atoms with Crippen molar-refractivity contribution in [1.82, 2.24) is 24.1 Å². The number of nitrogens with zero attached hydrogens (tertiary/aromatic N) is 5. The monoisotopic (exact) mass is 1170 g/mol. The molecule has 0 bridgehead atoms. The van der Waals surface area contributed by atoms with Crippen LogP contribution in [-0.2, 0) is 31.9 Å². The molecule has 0 fully saturated rings. The summed E-state index contributed by atoms with van der Waals surface area (Å²) in [5.74, 6) is 6.94. The summed E-state index contributed by atoms with van der Waals surface area (Å²) in [4.78, 5) is 15.6. The molecule has 349 valence electrons. The molecule has 0 saturated carbocycles. The molecule has 0 N–H and O–H groups in total. The molecule has 5 heterocycles. The average molecular weight is 1160 g/mol. The van der Waals surface area contributed by atoms with Crippen molar-refractivity contribution in [3.8, 4) is 34.0 Å². The van der Waals surface area contributed by atoms with E-state index in [2.05, 4.69) is 169 Å². The van der Waals surface area contributed by atoms with E-state index in [1.165, 1.54) is 49.3 Å². The molecule has 11 aromatic rings. The van der Waals surface area contributed by atoms with Crippen LogP contribution in [0.4, 0.5) is 0 Å². The normalized spacial score (nSPS) is 13.5. The van der Waals surface area contributed by atoms with E-state index in [1.807, 2.05) is 44.3 Å². The van der Waals surface area contributed by atoms with Gasteiger partial charge in [-0.25, -0.2) is 4.98 Å². The third kappa shape index (κ3) is 8.93. The van der Waals surface area contributed by atoms with Crippen LogP contribution in [0.5, 0.6) is 0 Å². The second kappa shape index (κ2) is 18.9. The number of para-hydroxylation sites is 3. The van der Waals surface area contributed by atoms with Crippen LogP contribution in [-0.4, -0.2) is 37.4 Å². The molecule has 0 atom stereocenters. The van der Waals surface area contributed by atoms with E-state index in [9.17, 15) is 0 Å². The zero-order valence-corrected chi connectivity index (χ0v) is 46.1. The molecule has 11 rings (SSSR count). The third-order valence-electron chi connectivity index (χ3n) is 12.8. The first-order chi connectivity index (χ1) is 34.6. The zero-order chi connectivity index (χ0) is 51.9. The Bertz CT molecular complexity index is 3900. The van der Waals surface area contributed by atoms with Crippen molar-refractivity contribution in [1.29, 1.82) is 0 Å².